The summed E-state index contributed by atoms with van der Waals surface area (Å²) in [6.07, 6.45) is 2.55. The Labute approximate surface area is 121 Å². The Morgan fingerprint density at radius 1 is 1.30 bits per heavy atom. The van der Waals surface area contributed by atoms with Crippen LogP contribution in [0.3, 0.4) is 0 Å². The summed E-state index contributed by atoms with van der Waals surface area (Å²) in [6.45, 7) is 7.35. The summed E-state index contributed by atoms with van der Waals surface area (Å²) in [5.41, 5.74) is 1.21. The van der Waals surface area contributed by atoms with Crippen molar-refractivity contribution in [2.75, 3.05) is 26.3 Å². The van der Waals surface area contributed by atoms with Gasteiger partial charge in [-0.1, -0.05) is 11.8 Å². The van der Waals surface area contributed by atoms with E-state index in [9.17, 15) is 0 Å². The maximum absolute atomic E-state index is 8.64. The van der Waals surface area contributed by atoms with Gasteiger partial charge in [-0.25, -0.2) is 0 Å². The molecular formula is C17H23NO2. The fourth-order valence-corrected chi connectivity index (χ4v) is 2.63. The van der Waals surface area contributed by atoms with E-state index in [1.807, 2.05) is 24.3 Å². The van der Waals surface area contributed by atoms with Crippen LogP contribution in [0.1, 0.15) is 32.3 Å². The van der Waals surface area contributed by atoms with E-state index >= 15 is 0 Å². The van der Waals surface area contributed by atoms with E-state index < -0.39 is 0 Å². The summed E-state index contributed by atoms with van der Waals surface area (Å²) >= 11 is 0. The largest absolute Gasteiger partial charge is 0.492 e. The molecule has 1 heterocycles. The Balaban J connectivity index is 1.79. The molecule has 0 radical (unpaired) electrons. The van der Waals surface area contributed by atoms with Gasteiger partial charge in [0.25, 0.3) is 0 Å². The third-order valence-corrected chi connectivity index (χ3v) is 3.87. The maximum Gasteiger partial charge on any atom is 0.119 e. The first-order valence-electron chi connectivity index (χ1n) is 7.19. The molecule has 1 aromatic rings. The van der Waals surface area contributed by atoms with E-state index in [4.69, 9.17) is 9.84 Å². The van der Waals surface area contributed by atoms with Gasteiger partial charge < -0.3 is 9.84 Å². The fourth-order valence-electron chi connectivity index (χ4n) is 2.63. The van der Waals surface area contributed by atoms with Crippen molar-refractivity contribution in [2.24, 2.45) is 0 Å². The topological polar surface area (TPSA) is 32.7 Å². The van der Waals surface area contributed by atoms with Gasteiger partial charge in [-0.15, -0.1) is 0 Å². The maximum atomic E-state index is 8.64. The third kappa shape index (κ3) is 4.00. The lowest BCUT2D eigenvalue weighted by molar-refractivity contribution is 0.143. The molecule has 0 atom stereocenters. The molecule has 1 aliphatic heterocycles. The monoisotopic (exact) mass is 273 g/mol. The molecule has 3 nitrogen and oxygen atoms in total. The molecule has 0 aliphatic carbocycles. The fraction of sp³-hybridized carbons (Fsp3) is 0.529. The van der Waals surface area contributed by atoms with Crippen LogP contribution in [0.2, 0.25) is 0 Å². The number of ether oxygens (including phenoxy) is 1. The Hall–Kier alpha value is -1.50. The predicted octanol–water partition coefficient (Wildman–Crippen LogP) is 2.28. The predicted molar refractivity (Wildman–Crippen MR) is 80.8 cm³/mol. The third-order valence-electron chi connectivity index (χ3n) is 3.87. The van der Waals surface area contributed by atoms with Crippen molar-refractivity contribution in [3.63, 3.8) is 0 Å². The lowest BCUT2D eigenvalue weighted by atomic mass is 10.0. The Bertz CT molecular complexity index is 482. The molecule has 1 N–H and O–H groups in total. The molecule has 0 saturated carbocycles. The Morgan fingerprint density at radius 2 is 2.05 bits per heavy atom. The van der Waals surface area contributed by atoms with Crippen LogP contribution in [0.15, 0.2) is 24.3 Å². The Kier molecular flexibility index (Phi) is 5.05. The number of likely N-dealkylation sites (tertiary alicyclic amines) is 1. The van der Waals surface area contributed by atoms with Gasteiger partial charge in [-0.2, -0.15) is 0 Å². The van der Waals surface area contributed by atoms with E-state index in [-0.39, 0.29) is 6.61 Å². The lowest BCUT2D eigenvalue weighted by Gasteiger charge is -2.31. The number of rotatable bonds is 4. The molecule has 0 spiro atoms. The highest BCUT2D eigenvalue weighted by atomic mass is 16.5. The van der Waals surface area contributed by atoms with Gasteiger partial charge in [0, 0.05) is 17.6 Å². The van der Waals surface area contributed by atoms with Crippen LogP contribution >= 0.6 is 0 Å². The van der Waals surface area contributed by atoms with Crippen molar-refractivity contribution in [2.45, 2.75) is 32.2 Å². The van der Waals surface area contributed by atoms with Crippen molar-refractivity contribution in [1.82, 2.24) is 4.90 Å². The molecule has 1 fully saturated rings. The van der Waals surface area contributed by atoms with Gasteiger partial charge in [-0.3, -0.25) is 4.90 Å². The molecule has 1 saturated heterocycles. The summed E-state index contributed by atoms with van der Waals surface area (Å²) < 4.78 is 5.78. The van der Waals surface area contributed by atoms with Crippen LogP contribution in [0, 0.1) is 11.8 Å². The smallest absolute Gasteiger partial charge is 0.119 e. The van der Waals surface area contributed by atoms with Gasteiger partial charge in [-0.05, 0) is 57.5 Å². The lowest BCUT2D eigenvalue weighted by Crippen LogP contribution is -2.40. The quantitative estimate of drug-likeness (QED) is 0.854. The minimum absolute atomic E-state index is 0.107. The van der Waals surface area contributed by atoms with Crippen LogP contribution in [0.25, 0.3) is 0 Å². The molecule has 20 heavy (non-hydrogen) atoms. The summed E-state index contributed by atoms with van der Waals surface area (Å²) in [4.78, 5) is 2.49. The number of benzene rings is 1. The standard InChI is InChI=1S/C17H23NO2/c1-17(2)10-4-11-18(17)12-14-20-16-8-6-15(7-9-16)5-3-13-19/h6-9,19H,4,10-14H2,1-2H3. The number of aliphatic hydroxyl groups is 1. The minimum Gasteiger partial charge on any atom is -0.492 e. The first-order valence-corrected chi connectivity index (χ1v) is 7.19. The molecule has 1 aromatic carbocycles. The first-order chi connectivity index (χ1) is 9.62. The molecule has 108 valence electrons. The van der Waals surface area contributed by atoms with Gasteiger partial charge in [0.15, 0.2) is 0 Å². The van der Waals surface area contributed by atoms with Crippen LogP contribution in [-0.4, -0.2) is 41.8 Å². The van der Waals surface area contributed by atoms with Crippen molar-refractivity contribution in [1.29, 1.82) is 0 Å². The Morgan fingerprint density at radius 3 is 2.65 bits per heavy atom. The number of hydrogen-bond acceptors (Lipinski definition) is 3. The zero-order chi connectivity index (χ0) is 14.4. The zero-order valence-electron chi connectivity index (χ0n) is 12.4. The van der Waals surface area contributed by atoms with Crippen LogP contribution in [0.5, 0.6) is 5.75 Å². The zero-order valence-corrected chi connectivity index (χ0v) is 12.4. The summed E-state index contributed by atoms with van der Waals surface area (Å²) in [7, 11) is 0. The highest BCUT2D eigenvalue weighted by molar-refractivity contribution is 5.38. The van der Waals surface area contributed by atoms with Gasteiger partial charge in [0.05, 0.1) is 0 Å². The minimum atomic E-state index is -0.107. The van der Waals surface area contributed by atoms with Crippen molar-refractivity contribution in [3.05, 3.63) is 29.8 Å². The van der Waals surface area contributed by atoms with E-state index in [2.05, 4.69) is 30.6 Å². The average Bonchev–Trinajstić information content (AvgIpc) is 2.77. The molecule has 2 rings (SSSR count). The van der Waals surface area contributed by atoms with Gasteiger partial charge >= 0.3 is 0 Å². The summed E-state index contributed by atoms with van der Waals surface area (Å²) in [5, 5.41) is 8.64. The van der Waals surface area contributed by atoms with E-state index in [1.54, 1.807) is 0 Å². The second kappa shape index (κ2) is 6.78. The molecule has 0 amide bonds. The van der Waals surface area contributed by atoms with Gasteiger partial charge in [0.1, 0.15) is 19.0 Å². The molecule has 0 bridgehead atoms. The highest BCUT2D eigenvalue weighted by Gasteiger charge is 2.31. The SMILES string of the molecule is CC1(C)CCCN1CCOc1ccc(C#CCO)cc1. The molecular weight excluding hydrogens is 250 g/mol. The van der Waals surface area contributed by atoms with Crippen molar-refractivity contribution < 1.29 is 9.84 Å². The van der Waals surface area contributed by atoms with Crippen molar-refractivity contribution in [3.8, 4) is 17.6 Å². The van der Waals surface area contributed by atoms with Crippen LogP contribution in [0.4, 0.5) is 0 Å². The number of hydrogen-bond donors (Lipinski definition) is 1. The second-order valence-corrected chi connectivity index (χ2v) is 5.74. The van der Waals surface area contributed by atoms with E-state index in [1.165, 1.54) is 19.4 Å². The first kappa shape index (κ1) is 14.9. The van der Waals surface area contributed by atoms with E-state index in [0.29, 0.717) is 12.1 Å². The second-order valence-electron chi connectivity index (χ2n) is 5.74. The summed E-state index contributed by atoms with van der Waals surface area (Å²) in [5.74, 6) is 6.37. The molecule has 1 aliphatic rings. The van der Waals surface area contributed by atoms with Gasteiger partial charge in [0.2, 0.25) is 0 Å². The highest BCUT2D eigenvalue weighted by Crippen LogP contribution is 2.27. The van der Waals surface area contributed by atoms with Crippen molar-refractivity contribution >= 4 is 0 Å². The normalized spacial score (nSPS) is 17.6. The average molecular weight is 273 g/mol. The van der Waals surface area contributed by atoms with Crippen LogP contribution < -0.4 is 4.74 Å². The molecule has 0 unspecified atom stereocenters. The van der Waals surface area contributed by atoms with E-state index in [0.717, 1.165) is 17.9 Å². The molecule has 3 heteroatoms. The number of aliphatic hydroxyl groups excluding tert-OH is 1. The summed E-state index contributed by atoms with van der Waals surface area (Å²) in [6, 6.07) is 7.68. The molecule has 0 aromatic heterocycles. The number of nitrogens with zero attached hydrogens (tertiary/aromatic N) is 1. The van der Waals surface area contributed by atoms with Crippen LogP contribution in [-0.2, 0) is 0 Å².